The van der Waals surface area contributed by atoms with E-state index in [0.717, 1.165) is 16.9 Å². The average Bonchev–Trinajstić information content (AvgIpc) is 2.70. The highest BCUT2D eigenvalue weighted by molar-refractivity contribution is 7.71. The Balaban J connectivity index is 1.89. The lowest BCUT2D eigenvalue weighted by atomic mass is 10.2. The topological polar surface area (TPSA) is 55.6 Å². The van der Waals surface area contributed by atoms with Crippen molar-refractivity contribution in [1.82, 2.24) is 19.5 Å². The first kappa shape index (κ1) is 16.1. The molecular weight excluding hydrogens is 342 g/mol. The summed E-state index contributed by atoms with van der Waals surface area (Å²) in [5.74, 6) is 1.16. The van der Waals surface area contributed by atoms with Gasteiger partial charge in [-0.2, -0.15) is 9.97 Å². The number of nitrogens with zero attached hydrogens (tertiary/aromatic N) is 4. The van der Waals surface area contributed by atoms with Crippen LogP contribution in [0.2, 0.25) is 0 Å². The number of hydrogen-bond acceptors (Lipinski definition) is 5. The van der Waals surface area contributed by atoms with Crippen molar-refractivity contribution < 1.29 is 0 Å². The Morgan fingerprint density at radius 1 is 0.769 bits per heavy atom. The van der Waals surface area contributed by atoms with Gasteiger partial charge in [-0.15, -0.1) is 0 Å². The van der Waals surface area contributed by atoms with E-state index in [1.54, 1.807) is 12.4 Å². The minimum Gasteiger partial charge on any atom is -0.325 e. The van der Waals surface area contributed by atoms with Crippen LogP contribution in [0.25, 0.3) is 17.1 Å². The molecule has 0 saturated carbocycles. The Morgan fingerprint density at radius 2 is 1.42 bits per heavy atom. The van der Waals surface area contributed by atoms with Crippen LogP contribution in [0.3, 0.4) is 0 Å². The SMILES string of the molecule is S=c1nc(-c2ccncc2)nc(Nc2ccccc2)n1-c1ccccc1. The lowest BCUT2D eigenvalue weighted by Gasteiger charge is -2.15. The first-order valence-electron chi connectivity index (χ1n) is 8.10. The Hall–Kier alpha value is -3.38. The van der Waals surface area contributed by atoms with Gasteiger partial charge in [0.1, 0.15) is 0 Å². The Labute approximate surface area is 156 Å². The van der Waals surface area contributed by atoms with Gasteiger partial charge in [0.05, 0.1) is 5.69 Å². The lowest BCUT2D eigenvalue weighted by Crippen LogP contribution is -2.10. The molecule has 2 aromatic carbocycles. The molecule has 126 valence electrons. The van der Waals surface area contributed by atoms with E-state index < -0.39 is 0 Å². The first-order valence-corrected chi connectivity index (χ1v) is 8.51. The van der Waals surface area contributed by atoms with Gasteiger partial charge in [-0.25, -0.2) is 0 Å². The molecule has 0 fully saturated rings. The van der Waals surface area contributed by atoms with Gasteiger partial charge in [-0.05, 0) is 48.6 Å². The van der Waals surface area contributed by atoms with E-state index in [1.807, 2.05) is 77.4 Å². The average molecular weight is 357 g/mol. The molecule has 0 saturated heterocycles. The summed E-state index contributed by atoms with van der Waals surface area (Å²) in [7, 11) is 0. The molecule has 0 radical (unpaired) electrons. The predicted molar refractivity (Wildman–Crippen MR) is 105 cm³/mol. The second kappa shape index (κ2) is 7.25. The molecule has 0 atom stereocenters. The van der Waals surface area contributed by atoms with E-state index in [4.69, 9.17) is 17.2 Å². The second-order valence-corrected chi connectivity index (χ2v) is 5.92. The number of anilines is 2. The minimum absolute atomic E-state index is 0.427. The molecule has 0 amide bonds. The Bertz CT molecular complexity index is 1060. The van der Waals surface area contributed by atoms with E-state index in [0.29, 0.717) is 16.5 Å². The van der Waals surface area contributed by atoms with Crippen molar-refractivity contribution in [3.8, 4) is 17.1 Å². The smallest absolute Gasteiger partial charge is 0.216 e. The Morgan fingerprint density at radius 3 is 2.12 bits per heavy atom. The largest absolute Gasteiger partial charge is 0.325 e. The summed E-state index contributed by atoms with van der Waals surface area (Å²) in [5.41, 5.74) is 2.69. The third-order valence-electron chi connectivity index (χ3n) is 3.80. The lowest BCUT2D eigenvalue weighted by molar-refractivity contribution is 0.911. The van der Waals surface area contributed by atoms with Crippen LogP contribution in [-0.2, 0) is 0 Å². The van der Waals surface area contributed by atoms with Crippen LogP contribution in [0.5, 0.6) is 0 Å². The maximum Gasteiger partial charge on any atom is 0.216 e. The summed E-state index contributed by atoms with van der Waals surface area (Å²) in [5, 5.41) is 3.35. The van der Waals surface area contributed by atoms with E-state index in [9.17, 15) is 0 Å². The molecule has 26 heavy (non-hydrogen) atoms. The van der Waals surface area contributed by atoms with Crippen LogP contribution in [0.1, 0.15) is 0 Å². The van der Waals surface area contributed by atoms with Crippen molar-refractivity contribution in [3.63, 3.8) is 0 Å². The summed E-state index contributed by atoms with van der Waals surface area (Å²) < 4.78 is 2.25. The molecule has 0 bridgehead atoms. The van der Waals surface area contributed by atoms with Crippen molar-refractivity contribution in [3.05, 3.63) is 90.0 Å². The summed E-state index contributed by atoms with van der Waals surface area (Å²) in [6.45, 7) is 0. The molecule has 0 spiro atoms. The molecule has 6 heteroatoms. The molecule has 0 aliphatic heterocycles. The molecule has 0 aliphatic carbocycles. The van der Waals surface area contributed by atoms with Crippen LogP contribution in [-0.4, -0.2) is 19.5 Å². The Kier molecular flexibility index (Phi) is 4.49. The third kappa shape index (κ3) is 3.36. The summed E-state index contributed by atoms with van der Waals surface area (Å²) >= 11 is 5.58. The molecule has 1 N–H and O–H groups in total. The maximum atomic E-state index is 5.58. The minimum atomic E-state index is 0.427. The molecule has 0 unspecified atom stereocenters. The van der Waals surface area contributed by atoms with E-state index >= 15 is 0 Å². The van der Waals surface area contributed by atoms with Crippen molar-refractivity contribution in [2.75, 3.05) is 5.32 Å². The standard InChI is InChI=1S/C20H15N5S/c26-20-24-18(15-11-13-21-14-12-15)23-19(22-16-7-3-1-4-8-16)25(20)17-9-5-2-6-10-17/h1-14H,(H,22,23,24,26). The molecular formula is C20H15N5S. The highest BCUT2D eigenvalue weighted by atomic mass is 32.1. The normalized spacial score (nSPS) is 10.5. The van der Waals surface area contributed by atoms with E-state index in [2.05, 4.69) is 15.3 Å². The van der Waals surface area contributed by atoms with Crippen LogP contribution >= 0.6 is 12.2 Å². The van der Waals surface area contributed by atoms with Crippen molar-refractivity contribution in [1.29, 1.82) is 0 Å². The number of para-hydroxylation sites is 2. The quantitative estimate of drug-likeness (QED) is 0.532. The third-order valence-corrected chi connectivity index (χ3v) is 4.07. The second-order valence-electron chi connectivity index (χ2n) is 5.55. The summed E-state index contributed by atoms with van der Waals surface area (Å²) in [4.78, 5) is 13.3. The predicted octanol–water partition coefficient (Wildman–Crippen LogP) is 4.80. The number of benzene rings is 2. The van der Waals surface area contributed by atoms with Gasteiger partial charge in [0, 0.05) is 23.6 Å². The van der Waals surface area contributed by atoms with Crippen LogP contribution < -0.4 is 5.32 Å². The number of nitrogens with one attached hydrogen (secondary N) is 1. The van der Waals surface area contributed by atoms with Crippen LogP contribution in [0, 0.1) is 4.77 Å². The summed E-state index contributed by atoms with van der Waals surface area (Å²) in [6, 6.07) is 23.4. The zero-order valence-electron chi connectivity index (χ0n) is 13.8. The monoisotopic (exact) mass is 357 g/mol. The van der Waals surface area contributed by atoms with Gasteiger partial charge < -0.3 is 5.32 Å². The van der Waals surface area contributed by atoms with Crippen molar-refractivity contribution in [2.45, 2.75) is 0 Å². The van der Waals surface area contributed by atoms with Crippen molar-refractivity contribution in [2.24, 2.45) is 0 Å². The van der Waals surface area contributed by atoms with E-state index in [1.165, 1.54) is 0 Å². The van der Waals surface area contributed by atoms with Gasteiger partial charge in [-0.1, -0.05) is 36.4 Å². The highest BCUT2D eigenvalue weighted by Gasteiger charge is 2.11. The number of hydrogen-bond donors (Lipinski definition) is 1. The number of aromatic nitrogens is 4. The molecule has 4 rings (SSSR count). The highest BCUT2D eigenvalue weighted by Crippen LogP contribution is 2.22. The molecule has 4 aromatic rings. The van der Waals surface area contributed by atoms with Gasteiger partial charge in [0.15, 0.2) is 5.82 Å². The first-order chi connectivity index (χ1) is 12.8. The fourth-order valence-electron chi connectivity index (χ4n) is 2.58. The molecule has 0 aliphatic rings. The number of rotatable bonds is 4. The van der Waals surface area contributed by atoms with Crippen molar-refractivity contribution >= 4 is 23.9 Å². The maximum absolute atomic E-state index is 5.58. The fourth-order valence-corrected chi connectivity index (χ4v) is 2.86. The van der Waals surface area contributed by atoms with Gasteiger partial charge in [-0.3, -0.25) is 9.55 Å². The fraction of sp³-hybridized carbons (Fsp3) is 0. The van der Waals surface area contributed by atoms with Gasteiger partial charge >= 0.3 is 0 Å². The van der Waals surface area contributed by atoms with E-state index in [-0.39, 0.29) is 0 Å². The molecule has 5 nitrogen and oxygen atoms in total. The van der Waals surface area contributed by atoms with Gasteiger partial charge in [0.2, 0.25) is 10.7 Å². The zero-order valence-corrected chi connectivity index (χ0v) is 14.6. The summed E-state index contributed by atoms with van der Waals surface area (Å²) in [6.07, 6.45) is 3.43. The van der Waals surface area contributed by atoms with Gasteiger partial charge in [0.25, 0.3) is 0 Å². The molecule has 2 aromatic heterocycles. The van der Waals surface area contributed by atoms with Crippen LogP contribution in [0.15, 0.2) is 85.2 Å². The number of pyridine rings is 1. The molecule has 2 heterocycles. The zero-order chi connectivity index (χ0) is 17.8. The van der Waals surface area contributed by atoms with Crippen LogP contribution in [0.4, 0.5) is 11.6 Å².